The van der Waals surface area contributed by atoms with Crippen LogP contribution in [0.2, 0.25) is 0 Å². The van der Waals surface area contributed by atoms with Crippen molar-refractivity contribution in [3.63, 3.8) is 0 Å². The second kappa shape index (κ2) is 5.40. The Labute approximate surface area is 132 Å². The molecule has 0 saturated heterocycles. The number of aromatic nitrogens is 1. The standard InChI is InChI=1S/C14H14BrN3O2S/c15-11-6-12(8-17-7-11)21(19,20)18-5-4-10-2-1-3-14(16)13(10)9-18/h1-3,6-8H,4-5,9,16H2. The third-order valence-electron chi connectivity index (χ3n) is 3.59. The fourth-order valence-corrected chi connectivity index (χ4v) is 4.38. The van der Waals surface area contributed by atoms with Gasteiger partial charge >= 0.3 is 0 Å². The molecule has 0 saturated carbocycles. The number of nitrogens with two attached hydrogens (primary N) is 1. The second-order valence-corrected chi connectivity index (χ2v) is 7.77. The van der Waals surface area contributed by atoms with E-state index in [1.165, 1.54) is 10.5 Å². The Morgan fingerprint density at radius 3 is 2.86 bits per heavy atom. The van der Waals surface area contributed by atoms with E-state index in [-0.39, 0.29) is 4.90 Å². The van der Waals surface area contributed by atoms with Crippen molar-refractivity contribution in [1.82, 2.24) is 9.29 Å². The highest BCUT2D eigenvalue weighted by molar-refractivity contribution is 9.10. The predicted molar refractivity (Wildman–Crippen MR) is 84.1 cm³/mol. The highest BCUT2D eigenvalue weighted by Crippen LogP contribution is 2.28. The molecule has 0 fully saturated rings. The monoisotopic (exact) mass is 367 g/mol. The lowest BCUT2D eigenvalue weighted by molar-refractivity contribution is 0.392. The van der Waals surface area contributed by atoms with Crippen LogP contribution in [-0.4, -0.2) is 24.3 Å². The molecular weight excluding hydrogens is 354 g/mol. The number of benzene rings is 1. The summed E-state index contributed by atoms with van der Waals surface area (Å²) in [6.45, 7) is 0.752. The van der Waals surface area contributed by atoms with E-state index < -0.39 is 10.0 Å². The van der Waals surface area contributed by atoms with E-state index in [2.05, 4.69) is 20.9 Å². The Morgan fingerprint density at radius 2 is 2.10 bits per heavy atom. The molecular formula is C14H14BrN3O2S. The summed E-state index contributed by atoms with van der Waals surface area (Å²) >= 11 is 3.25. The van der Waals surface area contributed by atoms with Crippen molar-refractivity contribution in [2.75, 3.05) is 12.3 Å². The van der Waals surface area contributed by atoms with Crippen molar-refractivity contribution in [3.05, 3.63) is 52.3 Å². The van der Waals surface area contributed by atoms with Crippen molar-refractivity contribution in [2.45, 2.75) is 17.9 Å². The lowest BCUT2D eigenvalue weighted by Crippen LogP contribution is -2.36. The molecule has 21 heavy (non-hydrogen) atoms. The Bertz CT molecular complexity index is 793. The van der Waals surface area contributed by atoms with E-state index in [0.717, 1.165) is 11.1 Å². The summed E-state index contributed by atoms with van der Waals surface area (Å²) in [7, 11) is -3.56. The summed E-state index contributed by atoms with van der Waals surface area (Å²) in [4.78, 5) is 4.12. The summed E-state index contributed by atoms with van der Waals surface area (Å²) < 4.78 is 27.5. The molecule has 7 heteroatoms. The minimum Gasteiger partial charge on any atom is -0.398 e. The van der Waals surface area contributed by atoms with Gasteiger partial charge in [0.15, 0.2) is 0 Å². The number of sulfonamides is 1. The normalized spacial score (nSPS) is 15.7. The number of pyridine rings is 1. The Morgan fingerprint density at radius 1 is 1.29 bits per heavy atom. The predicted octanol–water partition coefficient (Wildman–Crippen LogP) is 2.17. The topological polar surface area (TPSA) is 76.3 Å². The van der Waals surface area contributed by atoms with E-state index in [0.29, 0.717) is 29.7 Å². The van der Waals surface area contributed by atoms with Crippen LogP contribution in [0.15, 0.2) is 46.0 Å². The van der Waals surface area contributed by atoms with Crippen LogP contribution in [0.25, 0.3) is 0 Å². The quantitative estimate of drug-likeness (QED) is 0.825. The molecule has 1 aliphatic heterocycles. The summed E-state index contributed by atoms with van der Waals surface area (Å²) in [6.07, 6.45) is 3.59. The number of nitrogen functional groups attached to an aromatic ring is 1. The number of nitrogens with zero attached hydrogens (tertiary/aromatic N) is 2. The molecule has 0 amide bonds. The Balaban J connectivity index is 1.97. The molecule has 2 aromatic rings. The van der Waals surface area contributed by atoms with Crippen LogP contribution in [0.4, 0.5) is 5.69 Å². The van der Waals surface area contributed by atoms with Crippen molar-refractivity contribution >= 4 is 31.6 Å². The van der Waals surface area contributed by atoms with Crippen LogP contribution in [0.3, 0.4) is 0 Å². The van der Waals surface area contributed by atoms with Gasteiger partial charge in [0.05, 0.1) is 0 Å². The first-order chi connectivity index (χ1) is 9.98. The molecule has 3 rings (SSSR count). The first-order valence-electron chi connectivity index (χ1n) is 6.45. The molecule has 2 N–H and O–H groups in total. The lowest BCUT2D eigenvalue weighted by Gasteiger charge is -2.28. The molecule has 0 spiro atoms. The number of hydrogen-bond donors (Lipinski definition) is 1. The van der Waals surface area contributed by atoms with Gasteiger partial charge in [-0.2, -0.15) is 4.31 Å². The smallest absolute Gasteiger partial charge is 0.244 e. The molecule has 110 valence electrons. The van der Waals surface area contributed by atoms with Gasteiger partial charge in [-0.15, -0.1) is 0 Å². The van der Waals surface area contributed by atoms with Crippen LogP contribution >= 0.6 is 15.9 Å². The number of halogens is 1. The van der Waals surface area contributed by atoms with E-state index >= 15 is 0 Å². The van der Waals surface area contributed by atoms with Crippen LogP contribution in [0, 0.1) is 0 Å². The third-order valence-corrected chi connectivity index (χ3v) is 5.84. The zero-order chi connectivity index (χ0) is 15.0. The average Bonchev–Trinajstić information content (AvgIpc) is 2.47. The van der Waals surface area contributed by atoms with Gasteiger partial charge in [-0.1, -0.05) is 12.1 Å². The second-order valence-electron chi connectivity index (χ2n) is 4.91. The van der Waals surface area contributed by atoms with Gasteiger partial charge in [-0.25, -0.2) is 8.42 Å². The lowest BCUT2D eigenvalue weighted by atomic mass is 10.00. The maximum atomic E-state index is 12.7. The van der Waals surface area contributed by atoms with Crippen LogP contribution in [0.5, 0.6) is 0 Å². The number of fused-ring (bicyclic) bond motifs is 1. The van der Waals surface area contributed by atoms with Gasteiger partial charge in [0.1, 0.15) is 4.90 Å². The number of anilines is 1. The fourth-order valence-electron chi connectivity index (χ4n) is 2.47. The van der Waals surface area contributed by atoms with Crippen LogP contribution in [0.1, 0.15) is 11.1 Å². The molecule has 2 heterocycles. The fraction of sp³-hybridized carbons (Fsp3) is 0.214. The molecule has 0 unspecified atom stereocenters. The van der Waals surface area contributed by atoms with Gasteiger partial charge in [0.25, 0.3) is 0 Å². The van der Waals surface area contributed by atoms with Crippen molar-refractivity contribution in [1.29, 1.82) is 0 Å². The van der Waals surface area contributed by atoms with Gasteiger partial charge in [-0.3, -0.25) is 4.98 Å². The molecule has 0 atom stereocenters. The van der Waals surface area contributed by atoms with Crippen molar-refractivity contribution in [3.8, 4) is 0 Å². The van der Waals surface area contributed by atoms with Crippen LogP contribution < -0.4 is 5.73 Å². The molecule has 0 aliphatic carbocycles. The zero-order valence-electron chi connectivity index (χ0n) is 11.2. The first-order valence-corrected chi connectivity index (χ1v) is 8.69. The SMILES string of the molecule is Nc1cccc2c1CN(S(=O)(=O)c1cncc(Br)c1)CC2. The molecule has 1 aromatic carbocycles. The molecule has 0 bridgehead atoms. The van der Waals surface area contributed by atoms with Gasteiger partial charge in [0.2, 0.25) is 10.0 Å². The summed E-state index contributed by atoms with van der Waals surface area (Å²) in [6, 6.07) is 7.26. The summed E-state index contributed by atoms with van der Waals surface area (Å²) in [5.41, 5.74) is 8.62. The Hall–Kier alpha value is -1.44. The van der Waals surface area contributed by atoms with E-state index in [1.807, 2.05) is 12.1 Å². The van der Waals surface area contributed by atoms with E-state index in [9.17, 15) is 8.42 Å². The minimum absolute atomic E-state index is 0.190. The van der Waals surface area contributed by atoms with Gasteiger partial charge in [0, 0.05) is 35.6 Å². The largest absolute Gasteiger partial charge is 0.398 e. The summed E-state index contributed by atoms with van der Waals surface area (Å²) in [5.74, 6) is 0. The van der Waals surface area contributed by atoms with E-state index in [1.54, 1.807) is 18.3 Å². The molecule has 1 aliphatic rings. The highest BCUT2D eigenvalue weighted by atomic mass is 79.9. The number of hydrogen-bond acceptors (Lipinski definition) is 4. The average molecular weight is 368 g/mol. The van der Waals surface area contributed by atoms with E-state index in [4.69, 9.17) is 5.73 Å². The third kappa shape index (κ3) is 2.68. The minimum atomic E-state index is -3.56. The zero-order valence-corrected chi connectivity index (χ0v) is 13.6. The Kier molecular flexibility index (Phi) is 3.73. The summed E-state index contributed by atoms with van der Waals surface area (Å²) in [5, 5.41) is 0. The van der Waals surface area contributed by atoms with Gasteiger partial charge < -0.3 is 5.73 Å². The molecule has 5 nitrogen and oxygen atoms in total. The highest BCUT2D eigenvalue weighted by Gasteiger charge is 2.29. The van der Waals surface area contributed by atoms with Crippen molar-refractivity contribution < 1.29 is 8.42 Å². The van der Waals surface area contributed by atoms with Crippen LogP contribution in [-0.2, 0) is 23.0 Å². The maximum Gasteiger partial charge on any atom is 0.244 e. The van der Waals surface area contributed by atoms with Crippen molar-refractivity contribution in [2.24, 2.45) is 0 Å². The first kappa shape index (κ1) is 14.5. The van der Waals surface area contributed by atoms with Gasteiger partial charge in [-0.05, 0) is 45.6 Å². The maximum absolute atomic E-state index is 12.7. The molecule has 0 radical (unpaired) electrons. The number of rotatable bonds is 2. The molecule has 1 aromatic heterocycles.